The molecule has 0 spiro atoms. The molecule has 0 aliphatic heterocycles. The number of aliphatic imine (C=N–C) groups is 1. The van der Waals surface area contributed by atoms with Crippen molar-refractivity contribution in [1.29, 1.82) is 0 Å². The van der Waals surface area contributed by atoms with Crippen LogP contribution in [0.4, 0.5) is 0 Å². The molecule has 0 radical (unpaired) electrons. The summed E-state index contributed by atoms with van der Waals surface area (Å²) in [5.74, 6) is 0.366. The average molecular weight is 254 g/mol. The number of carboxylic acid groups (broad SMARTS) is 1. The molecule has 0 aromatic rings. The minimum Gasteiger partial charge on any atom is -0.480 e. The van der Waals surface area contributed by atoms with Crippen LogP contribution in [-0.4, -0.2) is 29.6 Å². The summed E-state index contributed by atoms with van der Waals surface area (Å²) in [6.45, 7) is 0.509. The van der Waals surface area contributed by atoms with Crippen LogP contribution in [0.2, 0.25) is 0 Å². The van der Waals surface area contributed by atoms with Crippen LogP contribution in [0.5, 0.6) is 0 Å². The molecule has 0 heterocycles. The van der Waals surface area contributed by atoms with Crippen LogP contribution in [0.25, 0.3) is 0 Å². The van der Waals surface area contributed by atoms with Gasteiger partial charge in [-0.15, -0.1) is 0 Å². The minimum atomic E-state index is -0.915. The van der Waals surface area contributed by atoms with Gasteiger partial charge in [0.2, 0.25) is 0 Å². The Labute approximate surface area is 107 Å². The molecule has 6 nitrogen and oxygen atoms in total. The van der Waals surface area contributed by atoms with Gasteiger partial charge in [0, 0.05) is 6.54 Å². The highest BCUT2D eigenvalue weighted by Gasteiger charge is 2.47. The highest BCUT2D eigenvalue weighted by atomic mass is 16.4. The van der Waals surface area contributed by atoms with Crippen LogP contribution < -0.4 is 17.2 Å². The number of carbonyl (C=O) groups is 1. The first-order valence-corrected chi connectivity index (χ1v) is 6.54. The summed E-state index contributed by atoms with van der Waals surface area (Å²) in [5, 5.41) is 9.15. The Morgan fingerprint density at radius 1 is 1.22 bits per heavy atom. The molecule has 0 amide bonds. The summed E-state index contributed by atoms with van der Waals surface area (Å²) in [6.07, 6.45) is 4.44. The summed E-state index contributed by atoms with van der Waals surface area (Å²) in [7, 11) is 0. The van der Waals surface area contributed by atoms with E-state index in [1.54, 1.807) is 0 Å². The molecule has 0 bridgehead atoms. The first-order chi connectivity index (χ1) is 8.50. The van der Waals surface area contributed by atoms with Gasteiger partial charge in [-0.05, 0) is 49.4 Å². The molecule has 6 heteroatoms. The van der Waals surface area contributed by atoms with Crippen molar-refractivity contribution in [3.05, 3.63) is 0 Å². The lowest BCUT2D eigenvalue weighted by Gasteiger charge is -2.29. The lowest BCUT2D eigenvalue weighted by atomic mass is 9.79. The van der Waals surface area contributed by atoms with Gasteiger partial charge < -0.3 is 22.3 Å². The van der Waals surface area contributed by atoms with Gasteiger partial charge in [-0.1, -0.05) is 0 Å². The predicted octanol–water partition coefficient (Wildman–Crippen LogP) is -0.276. The topological polar surface area (TPSA) is 128 Å². The van der Waals surface area contributed by atoms with Gasteiger partial charge in [-0.25, -0.2) is 0 Å². The number of nitrogens with zero attached hydrogens (tertiary/aromatic N) is 1. The first-order valence-electron chi connectivity index (χ1n) is 6.54. The molecule has 3 atom stereocenters. The van der Waals surface area contributed by atoms with Gasteiger partial charge in [0.05, 0.1) is 0 Å². The molecular formula is C12H22N4O2. The summed E-state index contributed by atoms with van der Waals surface area (Å²) >= 11 is 0. The molecule has 7 N–H and O–H groups in total. The van der Waals surface area contributed by atoms with E-state index in [1.807, 2.05) is 0 Å². The third-order valence-electron chi connectivity index (χ3n) is 4.07. The third-order valence-corrected chi connectivity index (χ3v) is 4.07. The zero-order valence-electron chi connectivity index (χ0n) is 10.5. The fraction of sp³-hybridized carbons (Fsp3) is 0.833. The number of nitrogens with two attached hydrogens (primary N) is 3. The largest absolute Gasteiger partial charge is 0.480 e. The van der Waals surface area contributed by atoms with Crippen LogP contribution in [0, 0.1) is 23.7 Å². The van der Waals surface area contributed by atoms with E-state index in [9.17, 15) is 4.79 Å². The van der Waals surface area contributed by atoms with Gasteiger partial charge in [-0.3, -0.25) is 9.79 Å². The van der Waals surface area contributed by atoms with Crippen LogP contribution in [0.1, 0.15) is 25.7 Å². The Morgan fingerprint density at radius 2 is 1.78 bits per heavy atom. The van der Waals surface area contributed by atoms with Crippen molar-refractivity contribution in [3.63, 3.8) is 0 Å². The average Bonchev–Trinajstić information content (AvgIpc) is 3.14. The van der Waals surface area contributed by atoms with Crippen molar-refractivity contribution in [2.75, 3.05) is 6.54 Å². The number of rotatable bonds is 7. The van der Waals surface area contributed by atoms with Crippen molar-refractivity contribution >= 4 is 11.9 Å². The van der Waals surface area contributed by atoms with Crippen LogP contribution in [-0.2, 0) is 4.79 Å². The molecule has 2 aliphatic carbocycles. The molecule has 2 saturated carbocycles. The van der Waals surface area contributed by atoms with Crippen molar-refractivity contribution in [1.82, 2.24) is 0 Å². The molecule has 2 aliphatic rings. The SMILES string of the molecule is NC(N)=NCC(C1CC1)C(C1CC1)[C@H](N)C(=O)O. The Morgan fingerprint density at radius 3 is 2.17 bits per heavy atom. The monoisotopic (exact) mass is 254 g/mol. The van der Waals surface area contributed by atoms with E-state index in [0.717, 1.165) is 25.7 Å². The van der Waals surface area contributed by atoms with Gasteiger partial charge in [0.25, 0.3) is 0 Å². The smallest absolute Gasteiger partial charge is 0.320 e. The normalized spacial score (nSPS) is 24.1. The predicted molar refractivity (Wildman–Crippen MR) is 68.7 cm³/mol. The molecule has 0 saturated heterocycles. The first kappa shape index (κ1) is 13.1. The second-order valence-corrected chi connectivity index (χ2v) is 5.55. The van der Waals surface area contributed by atoms with E-state index in [2.05, 4.69) is 4.99 Å². The van der Waals surface area contributed by atoms with E-state index in [4.69, 9.17) is 22.3 Å². The summed E-state index contributed by atoms with van der Waals surface area (Å²) in [5.41, 5.74) is 16.6. The Bertz CT molecular complexity index is 346. The second kappa shape index (κ2) is 5.14. The molecule has 2 unspecified atom stereocenters. The quantitative estimate of drug-likeness (QED) is 0.367. The standard InChI is InChI=1S/C12H22N4O2/c13-10(11(17)18)9(7-3-4-7)8(6-1-2-6)5-16-12(14)15/h6-10H,1-5,13H2,(H,17,18)(H4,14,15,16)/t8?,9?,10-/m0/s1. The number of hydrogen-bond donors (Lipinski definition) is 4. The van der Waals surface area contributed by atoms with E-state index in [-0.39, 0.29) is 17.8 Å². The third kappa shape index (κ3) is 3.13. The summed E-state index contributed by atoms with van der Waals surface area (Å²) in [4.78, 5) is 15.2. The highest BCUT2D eigenvalue weighted by molar-refractivity contribution is 5.75. The molecule has 18 heavy (non-hydrogen) atoms. The molecule has 2 fully saturated rings. The number of guanidine groups is 1. The lowest BCUT2D eigenvalue weighted by Crippen LogP contribution is -2.44. The summed E-state index contributed by atoms with van der Waals surface area (Å²) in [6, 6.07) is -0.794. The molecular weight excluding hydrogens is 232 g/mol. The van der Waals surface area contributed by atoms with Gasteiger partial charge in [0.15, 0.2) is 5.96 Å². The lowest BCUT2D eigenvalue weighted by molar-refractivity contribution is -0.140. The van der Waals surface area contributed by atoms with Crippen molar-refractivity contribution in [3.8, 4) is 0 Å². The van der Waals surface area contributed by atoms with Crippen molar-refractivity contribution in [2.24, 2.45) is 45.9 Å². The highest BCUT2D eigenvalue weighted by Crippen LogP contribution is 2.49. The number of carboxylic acids is 1. The fourth-order valence-electron chi connectivity index (χ4n) is 2.88. The zero-order chi connectivity index (χ0) is 13.3. The zero-order valence-corrected chi connectivity index (χ0v) is 10.5. The van der Waals surface area contributed by atoms with Crippen LogP contribution >= 0.6 is 0 Å². The van der Waals surface area contributed by atoms with Gasteiger partial charge in [-0.2, -0.15) is 0 Å². The number of aliphatic carboxylic acids is 1. The Kier molecular flexibility index (Phi) is 3.75. The van der Waals surface area contributed by atoms with Crippen molar-refractivity contribution in [2.45, 2.75) is 31.7 Å². The Balaban J connectivity index is 2.09. The van der Waals surface area contributed by atoms with E-state index >= 15 is 0 Å². The Hall–Kier alpha value is -1.30. The van der Waals surface area contributed by atoms with E-state index in [1.165, 1.54) is 0 Å². The maximum atomic E-state index is 11.1. The van der Waals surface area contributed by atoms with Gasteiger partial charge in [0.1, 0.15) is 6.04 Å². The molecule has 0 aromatic heterocycles. The second-order valence-electron chi connectivity index (χ2n) is 5.55. The van der Waals surface area contributed by atoms with Crippen LogP contribution in [0.15, 0.2) is 4.99 Å². The molecule has 0 aromatic carbocycles. The maximum absolute atomic E-state index is 11.1. The van der Waals surface area contributed by atoms with E-state index in [0.29, 0.717) is 18.4 Å². The summed E-state index contributed by atoms with van der Waals surface area (Å²) < 4.78 is 0. The minimum absolute atomic E-state index is 0.0121. The fourth-order valence-corrected chi connectivity index (χ4v) is 2.88. The van der Waals surface area contributed by atoms with Crippen molar-refractivity contribution < 1.29 is 9.90 Å². The maximum Gasteiger partial charge on any atom is 0.320 e. The molecule has 102 valence electrons. The van der Waals surface area contributed by atoms with Gasteiger partial charge >= 0.3 is 5.97 Å². The van der Waals surface area contributed by atoms with Crippen LogP contribution in [0.3, 0.4) is 0 Å². The molecule has 2 rings (SSSR count). The van der Waals surface area contributed by atoms with E-state index < -0.39 is 12.0 Å². The number of hydrogen-bond acceptors (Lipinski definition) is 3.